The Bertz CT molecular complexity index is 812. The highest BCUT2D eigenvalue weighted by Gasteiger charge is 2.43. The van der Waals surface area contributed by atoms with Gasteiger partial charge >= 0.3 is 6.18 Å². The Hall–Kier alpha value is -2.46. The van der Waals surface area contributed by atoms with E-state index in [-0.39, 0.29) is 5.56 Å². The Balaban J connectivity index is 1.65. The molecule has 0 bridgehead atoms. The van der Waals surface area contributed by atoms with Crippen molar-refractivity contribution in [1.29, 1.82) is 0 Å². The number of rotatable bonds is 5. The average Bonchev–Trinajstić information content (AvgIpc) is 3.00. The van der Waals surface area contributed by atoms with Gasteiger partial charge in [-0.25, -0.2) is 9.67 Å². The van der Waals surface area contributed by atoms with E-state index in [9.17, 15) is 18.0 Å². The fourth-order valence-electron chi connectivity index (χ4n) is 3.24. The maximum absolute atomic E-state index is 13.4. The Morgan fingerprint density at radius 3 is 2.54 bits per heavy atom. The van der Waals surface area contributed by atoms with Crippen LogP contribution in [0.5, 0.6) is 0 Å². The van der Waals surface area contributed by atoms with Crippen molar-refractivity contribution in [3.63, 3.8) is 0 Å². The minimum atomic E-state index is -4.41. The monoisotopic (exact) mass is 396 g/mol. The van der Waals surface area contributed by atoms with E-state index in [1.807, 2.05) is 19.9 Å². The molecule has 0 aromatic carbocycles. The maximum Gasteiger partial charge on any atom is 0.405 e. The number of halogens is 3. The summed E-state index contributed by atoms with van der Waals surface area (Å²) in [6, 6.07) is 3.34. The number of amides is 1. The molecule has 0 spiro atoms. The van der Waals surface area contributed by atoms with Crippen molar-refractivity contribution in [3.05, 3.63) is 41.3 Å². The van der Waals surface area contributed by atoms with E-state index in [0.29, 0.717) is 32.0 Å². The number of nitrogens with one attached hydrogen (secondary N) is 2. The van der Waals surface area contributed by atoms with E-state index in [4.69, 9.17) is 0 Å². The van der Waals surface area contributed by atoms with Gasteiger partial charge in [-0.3, -0.25) is 9.69 Å². The second kappa shape index (κ2) is 8.27. The number of piperazine rings is 1. The van der Waals surface area contributed by atoms with Crippen LogP contribution < -0.4 is 10.6 Å². The summed E-state index contributed by atoms with van der Waals surface area (Å²) < 4.78 is 41.8. The summed E-state index contributed by atoms with van der Waals surface area (Å²) in [6.07, 6.45) is -3.07. The zero-order valence-electron chi connectivity index (χ0n) is 15.8. The van der Waals surface area contributed by atoms with Crippen LogP contribution in [0, 0.1) is 13.8 Å². The third-order valence-corrected chi connectivity index (χ3v) is 4.66. The predicted octanol–water partition coefficient (Wildman–Crippen LogP) is 1.45. The van der Waals surface area contributed by atoms with Gasteiger partial charge < -0.3 is 10.6 Å². The summed E-state index contributed by atoms with van der Waals surface area (Å²) in [5.74, 6) is -0.0482. The molecule has 152 valence electrons. The molecule has 10 heteroatoms. The quantitative estimate of drug-likeness (QED) is 0.800. The molecule has 1 fully saturated rings. The van der Waals surface area contributed by atoms with Gasteiger partial charge in [0.05, 0.1) is 11.3 Å². The number of carbonyl (C=O) groups is 1. The SMILES string of the molecule is Cc1cc(C)n(-c2ccc(C(=O)NCC(N3CCNCC3)C(F)(F)F)cn2)n1. The highest BCUT2D eigenvalue weighted by atomic mass is 19.4. The van der Waals surface area contributed by atoms with Gasteiger partial charge in [0, 0.05) is 44.6 Å². The predicted molar refractivity (Wildman–Crippen MR) is 97.5 cm³/mol. The van der Waals surface area contributed by atoms with Gasteiger partial charge in [0.1, 0.15) is 6.04 Å². The maximum atomic E-state index is 13.4. The van der Waals surface area contributed by atoms with E-state index in [2.05, 4.69) is 20.7 Å². The third kappa shape index (κ3) is 4.68. The highest BCUT2D eigenvalue weighted by Crippen LogP contribution is 2.24. The van der Waals surface area contributed by atoms with Crippen LogP contribution in [0.3, 0.4) is 0 Å². The van der Waals surface area contributed by atoms with Crippen molar-refractivity contribution in [2.24, 2.45) is 0 Å². The van der Waals surface area contributed by atoms with Crippen LogP contribution in [0.1, 0.15) is 21.7 Å². The van der Waals surface area contributed by atoms with Crippen molar-refractivity contribution < 1.29 is 18.0 Å². The van der Waals surface area contributed by atoms with E-state index >= 15 is 0 Å². The van der Waals surface area contributed by atoms with Crippen molar-refractivity contribution >= 4 is 5.91 Å². The molecule has 0 radical (unpaired) electrons. The van der Waals surface area contributed by atoms with Gasteiger partial charge in [0.25, 0.3) is 5.91 Å². The topological polar surface area (TPSA) is 75.1 Å². The summed E-state index contributed by atoms with van der Waals surface area (Å²) in [4.78, 5) is 17.9. The number of hydrogen-bond donors (Lipinski definition) is 2. The molecule has 0 saturated carbocycles. The van der Waals surface area contributed by atoms with Gasteiger partial charge in [-0.15, -0.1) is 0 Å². The van der Waals surface area contributed by atoms with Crippen LogP contribution in [0.25, 0.3) is 5.82 Å². The van der Waals surface area contributed by atoms with Crippen molar-refractivity contribution in [2.75, 3.05) is 32.7 Å². The fourth-order valence-corrected chi connectivity index (χ4v) is 3.24. The molecule has 1 amide bonds. The molecule has 7 nitrogen and oxygen atoms in total. The number of carbonyl (C=O) groups excluding carboxylic acids is 1. The van der Waals surface area contributed by atoms with Crippen molar-refractivity contribution in [1.82, 2.24) is 30.3 Å². The second-order valence-electron chi connectivity index (χ2n) is 6.80. The molecule has 1 atom stereocenters. The molecule has 0 aliphatic carbocycles. The summed E-state index contributed by atoms with van der Waals surface area (Å²) in [7, 11) is 0. The molecule has 2 aromatic heterocycles. The first-order chi connectivity index (χ1) is 13.3. The summed E-state index contributed by atoms with van der Waals surface area (Å²) >= 11 is 0. The number of pyridine rings is 1. The normalized spacial score (nSPS) is 16.8. The van der Waals surface area contributed by atoms with Gasteiger partial charge in [0.2, 0.25) is 0 Å². The lowest BCUT2D eigenvalue weighted by Gasteiger charge is -2.35. The smallest absolute Gasteiger partial charge is 0.350 e. The largest absolute Gasteiger partial charge is 0.405 e. The number of aryl methyl sites for hydroxylation is 2. The minimum Gasteiger partial charge on any atom is -0.350 e. The third-order valence-electron chi connectivity index (χ3n) is 4.66. The molecule has 1 aliphatic rings. The van der Waals surface area contributed by atoms with Crippen molar-refractivity contribution in [3.8, 4) is 5.82 Å². The number of hydrogen-bond acceptors (Lipinski definition) is 5. The molecule has 3 rings (SSSR count). The zero-order valence-corrected chi connectivity index (χ0v) is 15.8. The van der Waals surface area contributed by atoms with E-state index < -0.39 is 24.7 Å². The van der Waals surface area contributed by atoms with Crippen LogP contribution >= 0.6 is 0 Å². The number of alkyl halides is 3. The average molecular weight is 396 g/mol. The molecule has 1 aliphatic heterocycles. The Labute approximate surface area is 160 Å². The summed E-state index contributed by atoms with van der Waals surface area (Å²) in [5.41, 5.74) is 1.94. The van der Waals surface area contributed by atoms with Crippen LogP contribution in [-0.2, 0) is 0 Å². The molecule has 28 heavy (non-hydrogen) atoms. The van der Waals surface area contributed by atoms with Gasteiger partial charge in [-0.1, -0.05) is 0 Å². The van der Waals surface area contributed by atoms with Gasteiger partial charge in [-0.05, 0) is 32.0 Å². The second-order valence-corrected chi connectivity index (χ2v) is 6.80. The number of aromatic nitrogens is 3. The first kappa shape index (κ1) is 20.3. The number of nitrogens with zero attached hydrogens (tertiary/aromatic N) is 4. The van der Waals surface area contributed by atoms with Crippen LogP contribution in [0.15, 0.2) is 24.4 Å². The minimum absolute atomic E-state index is 0.200. The molecular weight excluding hydrogens is 373 g/mol. The summed E-state index contributed by atoms with van der Waals surface area (Å²) in [6.45, 7) is 4.83. The molecule has 1 unspecified atom stereocenters. The molecule has 1 saturated heterocycles. The zero-order chi connectivity index (χ0) is 20.3. The molecule has 2 N–H and O–H groups in total. The highest BCUT2D eigenvalue weighted by molar-refractivity contribution is 5.93. The van der Waals surface area contributed by atoms with Crippen molar-refractivity contribution in [2.45, 2.75) is 26.1 Å². The molecular formula is C18H23F3N6O. The van der Waals surface area contributed by atoms with E-state index in [1.54, 1.807) is 10.7 Å². The van der Waals surface area contributed by atoms with Crippen LogP contribution in [-0.4, -0.2) is 70.5 Å². The Morgan fingerprint density at radius 2 is 2.00 bits per heavy atom. The van der Waals surface area contributed by atoms with Gasteiger partial charge in [0.15, 0.2) is 5.82 Å². The Morgan fingerprint density at radius 1 is 1.29 bits per heavy atom. The first-order valence-corrected chi connectivity index (χ1v) is 9.05. The van der Waals surface area contributed by atoms with Gasteiger partial charge in [-0.2, -0.15) is 18.3 Å². The van der Waals surface area contributed by atoms with E-state index in [0.717, 1.165) is 11.4 Å². The molecule has 2 aromatic rings. The summed E-state index contributed by atoms with van der Waals surface area (Å²) in [5, 5.41) is 9.73. The van der Waals surface area contributed by atoms with E-state index in [1.165, 1.54) is 17.2 Å². The first-order valence-electron chi connectivity index (χ1n) is 9.05. The fraction of sp³-hybridized carbons (Fsp3) is 0.500. The standard InChI is InChI=1S/C18H23F3N6O/c1-12-9-13(2)27(25-12)16-4-3-14(10-23-16)17(28)24-11-15(18(19,20)21)26-7-5-22-6-8-26/h3-4,9-10,15,22H,5-8,11H2,1-2H3,(H,24,28). The lowest BCUT2D eigenvalue weighted by atomic mass is 10.2. The van der Waals surface area contributed by atoms with Crippen LogP contribution in [0.4, 0.5) is 13.2 Å². The van der Waals surface area contributed by atoms with Crippen LogP contribution in [0.2, 0.25) is 0 Å². The Kier molecular flexibility index (Phi) is 5.99. The molecule has 3 heterocycles. The lowest BCUT2D eigenvalue weighted by molar-refractivity contribution is -0.183. The lowest BCUT2D eigenvalue weighted by Crippen LogP contribution is -2.57.